The molecule has 1 aliphatic rings. The quantitative estimate of drug-likeness (QED) is 0.783. The molecule has 0 saturated carbocycles. The lowest BCUT2D eigenvalue weighted by atomic mass is 9.78. The summed E-state index contributed by atoms with van der Waals surface area (Å²) >= 11 is 0. The van der Waals surface area contributed by atoms with Gasteiger partial charge in [-0.2, -0.15) is 0 Å². The molecule has 2 nitrogen and oxygen atoms in total. The molecule has 2 heteroatoms. The van der Waals surface area contributed by atoms with Crippen molar-refractivity contribution in [2.75, 3.05) is 13.1 Å². The van der Waals surface area contributed by atoms with Crippen molar-refractivity contribution >= 4 is 5.57 Å². The van der Waals surface area contributed by atoms with Crippen LogP contribution < -0.4 is 4.90 Å². The smallest absolute Gasteiger partial charge is 0.123 e. The fourth-order valence-electron chi connectivity index (χ4n) is 4.09. The van der Waals surface area contributed by atoms with Crippen LogP contribution in [0.5, 0.6) is 5.75 Å². The van der Waals surface area contributed by atoms with Crippen molar-refractivity contribution in [2.45, 2.75) is 65.3 Å². The zero-order chi connectivity index (χ0) is 20.5. The van der Waals surface area contributed by atoms with Gasteiger partial charge in [-0.3, -0.25) is 0 Å². The van der Waals surface area contributed by atoms with Crippen LogP contribution in [-0.4, -0.2) is 18.2 Å². The van der Waals surface area contributed by atoms with Gasteiger partial charge in [0.25, 0.3) is 0 Å². The molecule has 3 rings (SSSR count). The highest BCUT2D eigenvalue weighted by atomic mass is 16.3. The van der Waals surface area contributed by atoms with E-state index in [4.69, 9.17) is 0 Å². The monoisotopic (exact) mass is 378 g/mol. The molecular weight excluding hydrogens is 342 g/mol. The molecule has 2 N–H and O–H groups in total. The van der Waals surface area contributed by atoms with E-state index in [1.165, 1.54) is 16.7 Å². The van der Waals surface area contributed by atoms with Gasteiger partial charge in [0.2, 0.25) is 0 Å². The Morgan fingerprint density at radius 2 is 1.46 bits per heavy atom. The van der Waals surface area contributed by atoms with Crippen LogP contribution in [0, 0.1) is 0 Å². The fraction of sp³-hybridized carbons (Fsp3) is 0.462. The van der Waals surface area contributed by atoms with Crippen LogP contribution in [0.25, 0.3) is 5.57 Å². The molecule has 2 aromatic carbocycles. The summed E-state index contributed by atoms with van der Waals surface area (Å²) in [6, 6.07) is 15.2. The molecule has 0 aliphatic carbocycles. The van der Waals surface area contributed by atoms with Gasteiger partial charge < -0.3 is 10.0 Å². The molecule has 1 heterocycles. The lowest BCUT2D eigenvalue weighted by molar-refractivity contribution is -0.908. The van der Waals surface area contributed by atoms with E-state index in [0.717, 1.165) is 37.2 Å². The second kappa shape index (κ2) is 7.75. The van der Waals surface area contributed by atoms with Crippen LogP contribution in [0.4, 0.5) is 0 Å². The number of rotatable bonds is 3. The van der Waals surface area contributed by atoms with Gasteiger partial charge in [-0.05, 0) is 40.2 Å². The molecule has 0 fully saturated rings. The number of quaternary nitrogens is 1. The van der Waals surface area contributed by atoms with Crippen molar-refractivity contribution in [1.29, 1.82) is 0 Å². The first-order valence-corrected chi connectivity index (χ1v) is 10.5. The lowest BCUT2D eigenvalue weighted by Crippen LogP contribution is -3.11. The van der Waals surface area contributed by atoms with Crippen LogP contribution in [-0.2, 0) is 17.4 Å². The Bertz CT molecular complexity index is 815. The third-order valence-electron chi connectivity index (χ3n) is 5.77. The fourth-order valence-corrected chi connectivity index (χ4v) is 4.09. The summed E-state index contributed by atoms with van der Waals surface area (Å²) in [6.45, 7) is 16.3. The van der Waals surface area contributed by atoms with Gasteiger partial charge in [0.15, 0.2) is 0 Å². The highest BCUT2D eigenvalue weighted by Gasteiger charge is 2.27. The third kappa shape index (κ3) is 4.67. The number of benzene rings is 2. The van der Waals surface area contributed by atoms with E-state index in [2.05, 4.69) is 90.1 Å². The first-order valence-electron chi connectivity index (χ1n) is 10.5. The summed E-state index contributed by atoms with van der Waals surface area (Å²) in [5.74, 6) is 0.476. The van der Waals surface area contributed by atoms with Crippen molar-refractivity contribution in [2.24, 2.45) is 0 Å². The van der Waals surface area contributed by atoms with Gasteiger partial charge in [0.1, 0.15) is 12.3 Å². The Hall–Kier alpha value is -2.06. The minimum atomic E-state index is -0.0717. The Morgan fingerprint density at radius 1 is 0.893 bits per heavy atom. The molecule has 0 saturated heterocycles. The molecule has 28 heavy (non-hydrogen) atoms. The van der Waals surface area contributed by atoms with E-state index < -0.39 is 0 Å². The van der Waals surface area contributed by atoms with Gasteiger partial charge in [0, 0.05) is 23.1 Å². The first kappa shape index (κ1) is 20.7. The predicted octanol–water partition coefficient (Wildman–Crippen LogP) is 4.86. The summed E-state index contributed by atoms with van der Waals surface area (Å²) < 4.78 is 0. The average Bonchev–Trinajstić information content (AvgIpc) is 2.62. The molecule has 1 unspecified atom stereocenters. The van der Waals surface area contributed by atoms with Gasteiger partial charge >= 0.3 is 0 Å². The Balaban J connectivity index is 1.84. The maximum atomic E-state index is 10.9. The van der Waals surface area contributed by atoms with E-state index in [-0.39, 0.29) is 10.8 Å². The van der Waals surface area contributed by atoms with Crippen molar-refractivity contribution in [3.8, 4) is 5.75 Å². The maximum Gasteiger partial charge on any atom is 0.123 e. The minimum absolute atomic E-state index is 0.0717. The highest BCUT2D eigenvalue weighted by molar-refractivity contribution is 5.65. The zero-order valence-corrected chi connectivity index (χ0v) is 18.4. The van der Waals surface area contributed by atoms with Crippen LogP contribution in [0.15, 0.2) is 48.5 Å². The van der Waals surface area contributed by atoms with E-state index in [1.807, 2.05) is 0 Å². The average molecular weight is 379 g/mol. The van der Waals surface area contributed by atoms with Crippen LogP contribution >= 0.6 is 0 Å². The van der Waals surface area contributed by atoms with Crippen molar-refractivity contribution in [1.82, 2.24) is 0 Å². The van der Waals surface area contributed by atoms with Gasteiger partial charge in [-0.15, -0.1) is 0 Å². The normalized spacial score (nSPS) is 18.1. The largest absolute Gasteiger partial charge is 0.507 e. The number of phenolic OH excluding ortho intramolecular Hbond substituents is 1. The van der Waals surface area contributed by atoms with E-state index in [0.29, 0.717) is 5.75 Å². The second-order valence-electron chi connectivity index (χ2n) is 10.3. The number of hydrogen-bond donors (Lipinski definition) is 2. The van der Waals surface area contributed by atoms with Crippen LogP contribution in [0.2, 0.25) is 0 Å². The molecule has 1 atom stereocenters. The van der Waals surface area contributed by atoms with Crippen LogP contribution in [0.3, 0.4) is 0 Å². The summed E-state index contributed by atoms with van der Waals surface area (Å²) in [5, 5.41) is 10.9. The molecular formula is C26H36NO+. The summed E-state index contributed by atoms with van der Waals surface area (Å²) in [4.78, 5) is 1.59. The van der Waals surface area contributed by atoms with Gasteiger partial charge in [-0.1, -0.05) is 71.9 Å². The molecule has 0 aromatic heterocycles. The molecule has 0 spiro atoms. The van der Waals surface area contributed by atoms with Crippen molar-refractivity contribution in [3.05, 3.63) is 70.8 Å². The van der Waals surface area contributed by atoms with E-state index >= 15 is 0 Å². The van der Waals surface area contributed by atoms with Gasteiger partial charge in [0.05, 0.1) is 13.1 Å². The number of nitrogens with one attached hydrogen (secondary N) is 1. The number of phenols is 1. The third-order valence-corrected chi connectivity index (χ3v) is 5.77. The maximum absolute atomic E-state index is 10.9. The molecule has 2 aromatic rings. The topological polar surface area (TPSA) is 24.7 Å². The summed E-state index contributed by atoms with van der Waals surface area (Å²) in [6.07, 6.45) is 3.53. The van der Waals surface area contributed by atoms with Gasteiger partial charge in [-0.25, -0.2) is 0 Å². The van der Waals surface area contributed by atoms with Crippen LogP contribution in [0.1, 0.15) is 70.2 Å². The standard InChI is InChI=1S/C26H35NO/c1-25(2,3)22-16-19(17-23(24(22)28)26(4,5)6)18-27-14-12-21(13-15-27)20-10-8-7-9-11-20/h7-12,16-17,28H,13-15,18H2,1-6H3/p+1. The van der Waals surface area contributed by atoms with E-state index in [1.54, 1.807) is 4.90 Å². The second-order valence-corrected chi connectivity index (χ2v) is 10.3. The first-order chi connectivity index (χ1) is 13.1. The SMILES string of the molecule is CC(C)(C)c1cc(C[NH+]2CC=C(c3ccccc3)CC2)cc(C(C)(C)C)c1O. The number of aromatic hydroxyl groups is 1. The summed E-state index contributed by atoms with van der Waals surface area (Å²) in [5.41, 5.74) is 6.14. The molecule has 150 valence electrons. The molecule has 1 aliphatic heterocycles. The predicted molar refractivity (Wildman–Crippen MR) is 119 cm³/mol. The molecule has 0 bridgehead atoms. The molecule has 0 radical (unpaired) electrons. The number of hydrogen-bond acceptors (Lipinski definition) is 1. The Morgan fingerprint density at radius 3 is 1.93 bits per heavy atom. The lowest BCUT2D eigenvalue weighted by Gasteiger charge is -2.29. The minimum Gasteiger partial charge on any atom is -0.507 e. The Labute approximate surface area is 170 Å². The highest BCUT2D eigenvalue weighted by Crippen LogP contribution is 2.39. The van der Waals surface area contributed by atoms with Crippen molar-refractivity contribution in [3.63, 3.8) is 0 Å². The Kier molecular flexibility index (Phi) is 5.72. The molecule has 0 amide bonds. The van der Waals surface area contributed by atoms with E-state index in [9.17, 15) is 5.11 Å². The zero-order valence-electron chi connectivity index (χ0n) is 18.4. The van der Waals surface area contributed by atoms with Crippen molar-refractivity contribution < 1.29 is 10.0 Å². The summed E-state index contributed by atoms with van der Waals surface area (Å²) in [7, 11) is 0.